The first-order valence-electron chi connectivity index (χ1n) is 6.00. The minimum atomic E-state index is 0.804. The molecule has 0 spiro atoms. The van der Waals surface area contributed by atoms with Crippen LogP contribution in [0.4, 0.5) is 5.69 Å². The molecular formula is C13H20BrClN2. The lowest BCUT2D eigenvalue weighted by molar-refractivity contribution is 0.316. The van der Waals surface area contributed by atoms with Gasteiger partial charge in [-0.3, -0.25) is 0 Å². The molecule has 0 saturated heterocycles. The van der Waals surface area contributed by atoms with Gasteiger partial charge >= 0.3 is 0 Å². The molecule has 17 heavy (non-hydrogen) atoms. The monoisotopic (exact) mass is 318 g/mol. The average Bonchev–Trinajstić information content (AvgIpc) is 2.31. The number of benzene rings is 1. The maximum absolute atomic E-state index is 6.11. The second kappa shape index (κ2) is 7.24. The van der Waals surface area contributed by atoms with Crippen LogP contribution >= 0.6 is 27.5 Å². The van der Waals surface area contributed by atoms with Crippen molar-refractivity contribution in [2.45, 2.75) is 20.8 Å². The van der Waals surface area contributed by atoms with Crippen LogP contribution in [0.15, 0.2) is 16.6 Å². The highest BCUT2D eigenvalue weighted by atomic mass is 79.9. The zero-order chi connectivity index (χ0) is 12.8. The van der Waals surface area contributed by atoms with E-state index in [1.54, 1.807) is 0 Å². The number of likely N-dealkylation sites (N-methyl/N-ethyl adjacent to an activating group) is 1. The van der Waals surface area contributed by atoms with Crippen molar-refractivity contribution in [3.63, 3.8) is 0 Å². The van der Waals surface area contributed by atoms with Crippen molar-refractivity contribution >= 4 is 33.2 Å². The van der Waals surface area contributed by atoms with Crippen LogP contribution in [0.5, 0.6) is 0 Å². The van der Waals surface area contributed by atoms with Gasteiger partial charge in [0.1, 0.15) is 0 Å². The van der Waals surface area contributed by atoms with Crippen molar-refractivity contribution < 1.29 is 0 Å². The van der Waals surface area contributed by atoms with Gasteiger partial charge in [0.25, 0.3) is 0 Å². The number of hydrogen-bond donors (Lipinski definition) is 1. The van der Waals surface area contributed by atoms with Gasteiger partial charge in [-0.1, -0.05) is 25.4 Å². The molecule has 1 N–H and O–H groups in total. The van der Waals surface area contributed by atoms with E-state index >= 15 is 0 Å². The SMILES string of the molecule is CCN(CC)CCNc1cc(Cl)c(C)cc1Br. The van der Waals surface area contributed by atoms with Gasteiger partial charge in [-0.15, -0.1) is 0 Å². The molecule has 0 heterocycles. The van der Waals surface area contributed by atoms with Crippen LogP contribution in [-0.2, 0) is 0 Å². The zero-order valence-electron chi connectivity index (χ0n) is 10.7. The number of nitrogens with zero attached hydrogens (tertiary/aromatic N) is 1. The standard InChI is InChI=1S/C13H20BrClN2/c1-4-17(5-2)7-6-16-13-9-12(15)10(3)8-11(13)14/h8-9,16H,4-7H2,1-3H3. The van der Waals surface area contributed by atoms with Gasteiger partial charge in [-0.2, -0.15) is 0 Å². The van der Waals surface area contributed by atoms with Crippen molar-refractivity contribution in [3.8, 4) is 0 Å². The van der Waals surface area contributed by atoms with Gasteiger partial charge in [0.05, 0.1) is 0 Å². The Morgan fingerprint density at radius 3 is 2.53 bits per heavy atom. The van der Waals surface area contributed by atoms with Crippen molar-refractivity contribution in [1.29, 1.82) is 0 Å². The molecule has 0 unspecified atom stereocenters. The summed E-state index contributed by atoms with van der Waals surface area (Å²) >= 11 is 9.66. The van der Waals surface area contributed by atoms with Crippen molar-refractivity contribution in [1.82, 2.24) is 4.90 Å². The Hall–Kier alpha value is -0.250. The first kappa shape index (κ1) is 14.8. The second-order valence-electron chi connectivity index (χ2n) is 4.03. The number of aryl methyl sites for hydroxylation is 1. The molecule has 0 aromatic heterocycles. The molecule has 96 valence electrons. The lowest BCUT2D eigenvalue weighted by Gasteiger charge is -2.19. The van der Waals surface area contributed by atoms with Crippen LogP contribution in [0.3, 0.4) is 0 Å². The van der Waals surface area contributed by atoms with Crippen LogP contribution in [-0.4, -0.2) is 31.1 Å². The molecule has 0 radical (unpaired) electrons. The largest absolute Gasteiger partial charge is 0.383 e. The van der Waals surface area contributed by atoms with Crippen LogP contribution in [0.2, 0.25) is 5.02 Å². The number of rotatable bonds is 6. The van der Waals surface area contributed by atoms with Crippen LogP contribution in [0.1, 0.15) is 19.4 Å². The molecule has 1 aromatic rings. The second-order valence-corrected chi connectivity index (χ2v) is 5.30. The van der Waals surface area contributed by atoms with E-state index in [2.05, 4.69) is 40.0 Å². The fraction of sp³-hybridized carbons (Fsp3) is 0.538. The Bertz CT molecular complexity index is 365. The first-order valence-corrected chi connectivity index (χ1v) is 7.17. The lowest BCUT2D eigenvalue weighted by atomic mass is 10.2. The number of nitrogens with one attached hydrogen (secondary N) is 1. The van der Waals surface area contributed by atoms with Gasteiger partial charge in [0, 0.05) is 28.3 Å². The van der Waals surface area contributed by atoms with E-state index in [1.807, 2.05) is 19.1 Å². The molecule has 2 nitrogen and oxygen atoms in total. The van der Waals surface area contributed by atoms with Crippen molar-refractivity contribution in [2.75, 3.05) is 31.5 Å². The van der Waals surface area contributed by atoms with Crippen LogP contribution < -0.4 is 5.32 Å². The predicted molar refractivity (Wildman–Crippen MR) is 80.2 cm³/mol. The molecule has 0 aliphatic rings. The number of halogens is 2. The maximum atomic E-state index is 6.11. The molecule has 0 fully saturated rings. The highest BCUT2D eigenvalue weighted by Crippen LogP contribution is 2.28. The van der Waals surface area contributed by atoms with Gasteiger partial charge in [-0.05, 0) is 53.6 Å². The molecule has 0 amide bonds. The Labute approximate surface area is 117 Å². The van der Waals surface area contributed by atoms with E-state index in [4.69, 9.17) is 11.6 Å². The Morgan fingerprint density at radius 2 is 1.94 bits per heavy atom. The van der Waals surface area contributed by atoms with E-state index in [-0.39, 0.29) is 0 Å². The van der Waals surface area contributed by atoms with Crippen molar-refractivity contribution in [2.24, 2.45) is 0 Å². The number of hydrogen-bond acceptors (Lipinski definition) is 2. The molecule has 0 aliphatic carbocycles. The quantitative estimate of drug-likeness (QED) is 0.847. The highest BCUT2D eigenvalue weighted by molar-refractivity contribution is 9.10. The fourth-order valence-electron chi connectivity index (χ4n) is 1.67. The van der Waals surface area contributed by atoms with E-state index in [9.17, 15) is 0 Å². The minimum Gasteiger partial charge on any atom is -0.383 e. The normalized spacial score (nSPS) is 10.9. The smallest absolute Gasteiger partial charge is 0.0500 e. The third-order valence-electron chi connectivity index (χ3n) is 2.89. The fourth-order valence-corrected chi connectivity index (χ4v) is 2.43. The predicted octanol–water partition coefficient (Wildman–Crippen LogP) is 4.16. The topological polar surface area (TPSA) is 15.3 Å². The summed E-state index contributed by atoms with van der Waals surface area (Å²) in [6, 6.07) is 4.02. The van der Waals surface area contributed by atoms with E-state index in [1.165, 1.54) is 0 Å². The molecule has 0 atom stereocenters. The maximum Gasteiger partial charge on any atom is 0.0500 e. The lowest BCUT2D eigenvalue weighted by Crippen LogP contribution is -2.28. The summed E-state index contributed by atoms with van der Waals surface area (Å²) in [6.07, 6.45) is 0. The van der Waals surface area contributed by atoms with Gasteiger partial charge in [0.15, 0.2) is 0 Å². The molecule has 1 aromatic carbocycles. The Kier molecular flexibility index (Phi) is 6.31. The highest BCUT2D eigenvalue weighted by Gasteiger charge is 2.04. The minimum absolute atomic E-state index is 0.804. The summed E-state index contributed by atoms with van der Waals surface area (Å²) < 4.78 is 1.07. The first-order chi connectivity index (χ1) is 8.08. The summed E-state index contributed by atoms with van der Waals surface area (Å²) in [6.45, 7) is 10.5. The van der Waals surface area contributed by atoms with Gasteiger partial charge in [0.2, 0.25) is 0 Å². The molecule has 0 aliphatic heterocycles. The number of anilines is 1. The zero-order valence-corrected chi connectivity index (χ0v) is 13.0. The third-order valence-corrected chi connectivity index (χ3v) is 3.95. The average molecular weight is 320 g/mol. The Morgan fingerprint density at radius 1 is 1.29 bits per heavy atom. The van der Waals surface area contributed by atoms with Crippen molar-refractivity contribution in [3.05, 3.63) is 27.2 Å². The molecule has 4 heteroatoms. The summed E-state index contributed by atoms with van der Waals surface area (Å²) in [5.74, 6) is 0. The molecular weight excluding hydrogens is 300 g/mol. The van der Waals surface area contributed by atoms with Crippen LogP contribution in [0.25, 0.3) is 0 Å². The van der Waals surface area contributed by atoms with E-state index in [0.29, 0.717) is 0 Å². The van der Waals surface area contributed by atoms with Gasteiger partial charge in [-0.25, -0.2) is 0 Å². The van der Waals surface area contributed by atoms with E-state index in [0.717, 1.165) is 46.9 Å². The van der Waals surface area contributed by atoms with E-state index < -0.39 is 0 Å². The third kappa shape index (κ3) is 4.49. The molecule has 0 saturated carbocycles. The summed E-state index contributed by atoms with van der Waals surface area (Å²) in [5, 5.41) is 4.21. The van der Waals surface area contributed by atoms with Gasteiger partial charge < -0.3 is 10.2 Å². The molecule has 0 bridgehead atoms. The molecule has 1 rings (SSSR count). The summed E-state index contributed by atoms with van der Waals surface area (Å²) in [5.41, 5.74) is 2.15. The van der Waals surface area contributed by atoms with Crippen LogP contribution in [0, 0.1) is 6.92 Å². The Balaban J connectivity index is 2.55. The summed E-state index contributed by atoms with van der Waals surface area (Å²) in [4.78, 5) is 2.39. The summed E-state index contributed by atoms with van der Waals surface area (Å²) in [7, 11) is 0.